The van der Waals surface area contributed by atoms with Gasteiger partial charge < -0.3 is 9.26 Å². The second kappa shape index (κ2) is 7.13. The molecule has 4 nitrogen and oxygen atoms in total. The van der Waals surface area contributed by atoms with Crippen molar-refractivity contribution >= 4 is 0 Å². The molecule has 1 unspecified atom stereocenters. The summed E-state index contributed by atoms with van der Waals surface area (Å²) in [7, 11) is 0. The third-order valence-corrected chi connectivity index (χ3v) is 3.80. The molecular weight excluding hydrogens is 276 g/mol. The molecule has 0 aliphatic heterocycles. The first-order chi connectivity index (χ1) is 10.5. The van der Waals surface area contributed by atoms with Crippen molar-refractivity contribution in [2.75, 3.05) is 6.61 Å². The number of hydrogen-bond donors (Lipinski definition) is 0. The van der Waals surface area contributed by atoms with Gasteiger partial charge in [-0.1, -0.05) is 37.2 Å². The molecule has 0 bridgehead atoms. The largest absolute Gasteiger partial charge is 0.493 e. The van der Waals surface area contributed by atoms with E-state index in [1.54, 1.807) is 0 Å². The van der Waals surface area contributed by atoms with Gasteiger partial charge >= 0.3 is 0 Å². The van der Waals surface area contributed by atoms with E-state index >= 15 is 0 Å². The predicted octanol–water partition coefficient (Wildman–Crippen LogP) is 4.49. The molecule has 0 radical (unpaired) electrons. The standard InChI is InChI=1S/C18H22N2O2/c1-12(2)16-7-5-6-8-17(16)21-10-9-15(11-19)18-13(3)20-22-14(18)4/h5-8,12,15H,9-10H2,1-4H3. The Morgan fingerprint density at radius 2 is 2.00 bits per heavy atom. The molecule has 0 aliphatic carbocycles. The summed E-state index contributed by atoms with van der Waals surface area (Å²) < 4.78 is 11.1. The molecule has 0 saturated carbocycles. The van der Waals surface area contributed by atoms with Crippen LogP contribution in [0, 0.1) is 25.2 Å². The highest BCUT2D eigenvalue weighted by Gasteiger charge is 2.20. The van der Waals surface area contributed by atoms with Gasteiger partial charge in [-0.15, -0.1) is 0 Å². The average molecular weight is 298 g/mol. The lowest BCUT2D eigenvalue weighted by molar-refractivity contribution is 0.301. The van der Waals surface area contributed by atoms with E-state index in [-0.39, 0.29) is 5.92 Å². The van der Waals surface area contributed by atoms with Gasteiger partial charge in [-0.2, -0.15) is 5.26 Å². The molecule has 0 saturated heterocycles. The number of para-hydroxylation sites is 1. The summed E-state index contributed by atoms with van der Waals surface area (Å²) in [6, 6.07) is 10.4. The Hall–Kier alpha value is -2.28. The van der Waals surface area contributed by atoms with E-state index in [0.717, 1.165) is 17.0 Å². The lowest BCUT2D eigenvalue weighted by Crippen LogP contribution is -2.07. The fourth-order valence-corrected chi connectivity index (χ4v) is 2.64. The van der Waals surface area contributed by atoms with Crippen molar-refractivity contribution in [3.63, 3.8) is 0 Å². The number of ether oxygens (including phenoxy) is 1. The van der Waals surface area contributed by atoms with Gasteiger partial charge in [0.25, 0.3) is 0 Å². The second-order valence-electron chi connectivity index (χ2n) is 5.75. The molecule has 2 aromatic rings. The van der Waals surface area contributed by atoms with Gasteiger partial charge in [-0.05, 0) is 31.4 Å². The molecule has 4 heteroatoms. The van der Waals surface area contributed by atoms with Gasteiger partial charge in [-0.3, -0.25) is 0 Å². The summed E-state index contributed by atoms with van der Waals surface area (Å²) in [5.74, 6) is 1.77. The maximum Gasteiger partial charge on any atom is 0.138 e. The smallest absolute Gasteiger partial charge is 0.138 e. The lowest BCUT2D eigenvalue weighted by Gasteiger charge is -2.15. The monoisotopic (exact) mass is 298 g/mol. The Labute approximate surface area is 131 Å². The second-order valence-corrected chi connectivity index (χ2v) is 5.75. The molecular formula is C18H22N2O2. The molecule has 2 rings (SSSR count). The summed E-state index contributed by atoms with van der Waals surface area (Å²) in [5.41, 5.74) is 2.86. The molecule has 1 atom stereocenters. The molecule has 0 amide bonds. The Balaban J connectivity index is 2.03. The summed E-state index contributed by atoms with van der Waals surface area (Å²) in [6.07, 6.45) is 0.617. The molecule has 22 heavy (non-hydrogen) atoms. The van der Waals surface area contributed by atoms with Crippen LogP contribution in [0.4, 0.5) is 0 Å². The maximum absolute atomic E-state index is 9.41. The molecule has 0 spiro atoms. The highest BCUT2D eigenvalue weighted by molar-refractivity contribution is 5.35. The normalized spacial score (nSPS) is 12.2. The van der Waals surface area contributed by atoms with Crippen molar-refractivity contribution in [1.82, 2.24) is 5.16 Å². The highest BCUT2D eigenvalue weighted by atomic mass is 16.5. The van der Waals surface area contributed by atoms with Gasteiger partial charge in [0.1, 0.15) is 11.5 Å². The van der Waals surface area contributed by atoms with Crippen LogP contribution < -0.4 is 4.74 Å². The fraction of sp³-hybridized carbons (Fsp3) is 0.444. The van der Waals surface area contributed by atoms with Crippen molar-refractivity contribution in [2.24, 2.45) is 0 Å². The Bertz CT molecular complexity index is 648. The van der Waals surface area contributed by atoms with Gasteiger partial charge in [0.05, 0.1) is 24.3 Å². The molecule has 1 aromatic carbocycles. The van der Waals surface area contributed by atoms with Gasteiger partial charge in [0.15, 0.2) is 0 Å². The van der Waals surface area contributed by atoms with E-state index in [2.05, 4.69) is 31.1 Å². The van der Waals surface area contributed by atoms with Crippen molar-refractivity contribution in [3.05, 3.63) is 46.8 Å². The van der Waals surface area contributed by atoms with Gasteiger partial charge in [0, 0.05) is 12.0 Å². The fourth-order valence-electron chi connectivity index (χ4n) is 2.64. The first-order valence-electron chi connectivity index (χ1n) is 7.58. The van der Waals surface area contributed by atoms with Gasteiger partial charge in [0.2, 0.25) is 0 Å². The van der Waals surface area contributed by atoms with Crippen LogP contribution in [0.15, 0.2) is 28.8 Å². The van der Waals surface area contributed by atoms with Crippen LogP contribution in [-0.4, -0.2) is 11.8 Å². The molecule has 116 valence electrons. The number of nitrogens with zero attached hydrogens (tertiary/aromatic N) is 2. The molecule has 1 heterocycles. The van der Waals surface area contributed by atoms with Crippen molar-refractivity contribution < 1.29 is 9.26 Å². The third kappa shape index (κ3) is 3.48. The van der Waals surface area contributed by atoms with Crippen molar-refractivity contribution in [1.29, 1.82) is 5.26 Å². The number of aryl methyl sites for hydroxylation is 2. The molecule has 0 N–H and O–H groups in total. The minimum absolute atomic E-state index is 0.252. The van der Waals surface area contributed by atoms with Crippen LogP contribution in [0.3, 0.4) is 0 Å². The van der Waals surface area contributed by atoms with Crippen LogP contribution in [0.1, 0.15) is 54.7 Å². The lowest BCUT2D eigenvalue weighted by atomic mass is 9.96. The Morgan fingerprint density at radius 1 is 1.27 bits per heavy atom. The van der Waals surface area contributed by atoms with Crippen LogP contribution in [0.5, 0.6) is 5.75 Å². The number of hydrogen-bond acceptors (Lipinski definition) is 4. The summed E-state index contributed by atoms with van der Waals surface area (Å²) in [6.45, 7) is 8.49. The Morgan fingerprint density at radius 3 is 2.59 bits per heavy atom. The third-order valence-electron chi connectivity index (χ3n) is 3.80. The summed E-state index contributed by atoms with van der Waals surface area (Å²) in [5, 5.41) is 13.3. The number of benzene rings is 1. The topological polar surface area (TPSA) is 59.0 Å². The van der Waals surface area contributed by atoms with Crippen LogP contribution in [0.2, 0.25) is 0 Å². The first-order valence-corrected chi connectivity index (χ1v) is 7.58. The summed E-state index contributed by atoms with van der Waals surface area (Å²) in [4.78, 5) is 0. The molecule has 0 aliphatic rings. The number of nitriles is 1. The minimum atomic E-state index is -0.252. The first kappa shape index (κ1) is 16.1. The quantitative estimate of drug-likeness (QED) is 0.788. The Kier molecular flexibility index (Phi) is 5.21. The van der Waals surface area contributed by atoms with E-state index in [1.807, 2.05) is 32.0 Å². The molecule has 0 fully saturated rings. The van der Waals surface area contributed by atoms with E-state index in [9.17, 15) is 5.26 Å². The van der Waals surface area contributed by atoms with E-state index in [0.29, 0.717) is 24.7 Å². The average Bonchev–Trinajstić information content (AvgIpc) is 2.83. The van der Waals surface area contributed by atoms with Gasteiger partial charge in [-0.25, -0.2) is 0 Å². The predicted molar refractivity (Wildman–Crippen MR) is 85.0 cm³/mol. The zero-order valence-electron chi connectivity index (χ0n) is 13.6. The number of rotatable bonds is 6. The van der Waals surface area contributed by atoms with E-state index < -0.39 is 0 Å². The molecule has 1 aromatic heterocycles. The van der Waals surface area contributed by atoms with E-state index in [1.165, 1.54) is 5.56 Å². The SMILES string of the molecule is Cc1noc(C)c1C(C#N)CCOc1ccccc1C(C)C. The van der Waals surface area contributed by atoms with Crippen LogP contribution in [-0.2, 0) is 0 Å². The zero-order valence-corrected chi connectivity index (χ0v) is 13.6. The van der Waals surface area contributed by atoms with Crippen LogP contribution in [0.25, 0.3) is 0 Å². The number of aromatic nitrogens is 1. The zero-order chi connectivity index (χ0) is 16.1. The maximum atomic E-state index is 9.41. The highest BCUT2D eigenvalue weighted by Crippen LogP contribution is 2.28. The van der Waals surface area contributed by atoms with Crippen molar-refractivity contribution in [3.8, 4) is 11.8 Å². The van der Waals surface area contributed by atoms with Crippen LogP contribution >= 0.6 is 0 Å². The summed E-state index contributed by atoms with van der Waals surface area (Å²) >= 11 is 0. The van der Waals surface area contributed by atoms with E-state index in [4.69, 9.17) is 9.26 Å². The van der Waals surface area contributed by atoms with Crippen molar-refractivity contribution in [2.45, 2.75) is 46.0 Å². The minimum Gasteiger partial charge on any atom is -0.493 e.